The molecule has 15 aromatic rings. The first-order valence-corrected chi connectivity index (χ1v) is 39.7. The summed E-state index contributed by atoms with van der Waals surface area (Å²) in [4.78, 5) is 52.8. The van der Waals surface area contributed by atoms with Gasteiger partial charge < -0.3 is 50.0 Å². The predicted octanol–water partition coefficient (Wildman–Crippen LogP) is 19.4. The molecule has 0 bridgehead atoms. The average Bonchev–Trinajstić information content (AvgIpc) is 1.71. The number of pyridine rings is 2. The second-order valence-corrected chi connectivity index (χ2v) is 29.5. The lowest BCUT2D eigenvalue weighted by Gasteiger charge is -2.26. The van der Waals surface area contributed by atoms with Crippen LogP contribution < -0.4 is 45.6 Å². The molecule has 4 aliphatic heterocycles. The maximum absolute atomic E-state index is 13.3. The number of H-pyrrole nitrogens is 4. The fourth-order valence-electron chi connectivity index (χ4n) is 14.9. The van der Waals surface area contributed by atoms with Crippen LogP contribution in [-0.4, -0.2) is 123 Å². The van der Waals surface area contributed by atoms with Crippen LogP contribution in [0.3, 0.4) is 0 Å². The number of anilines is 12. The number of halogens is 4. The van der Waals surface area contributed by atoms with Crippen LogP contribution in [-0.2, 0) is 0 Å². The van der Waals surface area contributed by atoms with Crippen LogP contribution in [0.2, 0.25) is 15.1 Å². The summed E-state index contributed by atoms with van der Waals surface area (Å²) in [6, 6.07) is 60.2. The SMILES string of the molecule is CC(C)Oc1cc(Nc2cc(N3CCCC3c3ccc(F)cc3)ncn2)[nH]n1.Clc1ccccc1C1CCCN1c1cc(Nc2cc(-c3ccccn3)[nH]n2)ncn1.Clc1ccccc1C1CCCN1c1cc(Nc2cc(-c3ccco3)[nH]n2)ncn1.Clc1ccccc1C1CCCN1c1cc(Nc2cc(-c3ccncc3)[nH]n2)ncn1. The Bertz CT molecular complexity index is 5540. The zero-order valence-electron chi connectivity index (χ0n) is 63.8. The van der Waals surface area contributed by atoms with Crippen LogP contribution in [0, 0.1) is 5.82 Å². The summed E-state index contributed by atoms with van der Waals surface area (Å²) in [7, 11) is 0. The summed E-state index contributed by atoms with van der Waals surface area (Å²) < 4.78 is 24.2. The molecular formula is C85H82Cl3FN26O2. The first kappa shape index (κ1) is 77.6. The minimum atomic E-state index is -0.220. The van der Waals surface area contributed by atoms with E-state index in [0.29, 0.717) is 52.4 Å². The van der Waals surface area contributed by atoms with E-state index in [4.69, 9.17) is 44.0 Å². The van der Waals surface area contributed by atoms with Gasteiger partial charge in [0.15, 0.2) is 23.2 Å². The molecule has 0 aliphatic carbocycles. The molecule has 19 rings (SSSR count). The normalized spacial score (nSPS) is 16.2. The number of furan rings is 1. The highest BCUT2D eigenvalue weighted by molar-refractivity contribution is 6.32. The van der Waals surface area contributed by atoms with Crippen molar-refractivity contribution in [2.24, 2.45) is 0 Å². The van der Waals surface area contributed by atoms with Gasteiger partial charge in [0.1, 0.15) is 89.2 Å². The third-order valence-corrected chi connectivity index (χ3v) is 21.3. The van der Waals surface area contributed by atoms with Crippen molar-refractivity contribution in [3.8, 4) is 40.0 Å². The minimum Gasteiger partial charge on any atom is -0.474 e. The number of ether oxygens (including phenoxy) is 1. The van der Waals surface area contributed by atoms with Crippen LogP contribution in [0.25, 0.3) is 34.1 Å². The maximum Gasteiger partial charge on any atom is 0.234 e. The largest absolute Gasteiger partial charge is 0.474 e. The Kier molecular flexibility index (Phi) is 24.4. The lowest BCUT2D eigenvalue weighted by atomic mass is 10.0. The van der Waals surface area contributed by atoms with Crippen molar-refractivity contribution in [2.75, 3.05) is 67.0 Å². The second-order valence-electron chi connectivity index (χ2n) is 28.3. The molecule has 28 nitrogen and oxygen atoms in total. The van der Waals surface area contributed by atoms with E-state index in [-0.39, 0.29) is 36.1 Å². The Morgan fingerprint density at radius 3 is 1.31 bits per heavy atom. The van der Waals surface area contributed by atoms with Crippen LogP contribution in [0.1, 0.15) is 112 Å². The molecule has 4 aliphatic rings. The topological polar surface area (TPSA) is 327 Å². The number of benzene rings is 4. The molecular weight excluding hydrogens is 1540 g/mol. The average molecular weight is 1630 g/mol. The molecule has 4 fully saturated rings. The van der Waals surface area contributed by atoms with Crippen molar-refractivity contribution in [1.29, 1.82) is 0 Å². The number of nitrogens with one attached hydrogen (secondary N) is 8. The van der Waals surface area contributed by atoms with E-state index in [2.05, 4.69) is 150 Å². The molecule has 0 saturated carbocycles. The van der Waals surface area contributed by atoms with Gasteiger partial charge in [0.05, 0.1) is 53.6 Å². The first-order chi connectivity index (χ1) is 57.4. The van der Waals surface area contributed by atoms with E-state index in [1.807, 2.05) is 166 Å². The van der Waals surface area contributed by atoms with E-state index in [1.54, 1.807) is 56.2 Å². The lowest BCUT2D eigenvalue weighted by molar-refractivity contribution is 0.232. The van der Waals surface area contributed by atoms with Crippen molar-refractivity contribution in [1.82, 2.24) is 90.6 Å². The standard InChI is InChI=1S/2C22H20ClN7.C21H19ClN6O.C20H23FN6O/c23-16-7-2-1-6-15(16)19-9-5-11-30(19)22-13-20(25-14-26-22)27-21-12-18(28-29-21)17-8-3-4-10-24-17;23-17-5-2-1-4-16(17)19-6-3-11-30(19)22-13-20(25-14-26-22)27-21-12-18(28-29-21)15-7-9-24-10-8-15;22-15-6-2-1-5-14(15)17-7-3-9-28(17)21-12-19(23-13-24-21)25-20-11-16(26-27-20)18-8-4-10-29-18;1-13(2)28-20-11-18(25-26-20)24-17-10-19(23-12-22-17)27-9-3-4-16(27)14-5-7-15(21)8-6-14/h1-4,6-8,10,12-14,19H,5,9,11H2,(H2,25,26,27,28,29);1-2,4-5,7-10,12-14,19H,3,6,11H2,(H2,25,26,27,28,29);1-2,4-6,8,10-13,17H,3,7,9H2,(H2,23,24,25,26,27);5-8,10-13,16H,3-4,9H2,1-2H3,(H2,22,23,24,25,26). The third-order valence-electron chi connectivity index (χ3n) is 20.2. The number of hydrogen-bond acceptors (Lipinski definition) is 24. The van der Waals surface area contributed by atoms with Crippen molar-refractivity contribution in [2.45, 2.75) is 95.5 Å². The maximum atomic E-state index is 13.3. The molecule has 4 unspecified atom stereocenters. The van der Waals surface area contributed by atoms with Gasteiger partial charge in [-0.15, -0.1) is 5.10 Å². The Hall–Kier alpha value is -13.4. The smallest absolute Gasteiger partial charge is 0.234 e. The minimum absolute atomic E-state index is 0.0559. The van der Waals surface area contributed by atoms with Crippen LogP contribution in [0.5, 0.6) is 5.88 Å². The molecule has 4 aromatic carbocycles. The molecule has 4 saturated heterocycles. The van der Waals surface area contributed by atoms with Crippen molar-refractivity contribution in [3.63, 3.8) is 0 Å². The van der Waals surface area contributed by atoms with Crippen LogP contribution in [0.4, 0.5) is 74.2 Å². The highest BCUT2D eigenvalue weighted by atomic mass is 35.5. The van der Waals surface area contributed by atoms with Crippen molar-refractivity contribution >= 4 is 105 Å². The summed E-state index contributed by atoms with van der Waals surface area (Å²) in [5.41, 5.74) is 8.90. The fourth-order valence-corrected chi connectivity index (χ4v) is 15.7. The summed E-state index contributed by atoms with van der Waals surface area (Å²) >= 11 is 19.4. The molecule has 0 spiro atoms. The molecule has 15 heterocycles. The van der Waals surface area contributed by atoms with Crippen LogP contribution >= 0.6 is 34.8 Å². The van der Waals surface area contributed by atoms with Crippen molar-refractivity contribution in [3.05, 3.63) is 281 Å². The van der Waals surface area contributed by atoms with E-state index in [0.717, 1.165) is 172 Å². The van der Waals surface area contributed by atoms with Crippen LogP contribution in [0.15, 0.2) is 243 Å². The number of hydrogen-bond donors (Lipinski definition) is 8. The van der Waals surface area contributed by atoms with Gasteiger partial charge in [0.2, 0.25) is 5.88 Å². The lowest BCUT2D eigenvalue weighted by Crippen LogP contribution is -2.24. The number of nitrogens with zero attached hydrogens (tertiary/aromatic N) is 18. The Labute approximate surface area is 688 Å². The summed E-state index contributed by atoms with van der Waals surface area (Å²) in [5, 5.41) is 44.3. The van der Waals surface area contributed by atoms with E-state index in [9.17, 15) is 4.39 Å². The monoisotopic (exact) mass is 1620 g/mol. The van der Waals surface area contributed by atoms with Crippen molar-refractivity contribution < 1.29 is 13.5 Å². The van der Waals surface area contributed by atoms with Gasteiger partial charge in [0.25, 0.3) is 0 Å². The molecule has 11 aromatic heterocycles. The number of aromatic nitrogens is 18. The first-order valence-electron chi connectivity index (χ1n) is 38.6. The summed E-state index contributed by atoms with van der Waals surface area (Å²) in [6.45, 7) is 7.59. The molecule has 32 heteroatoms. The molecule has 4 atom stereocenters. The van der Waals surface area contributed by atoms with Gasteiger partial charge >= 0.3 is 0 Å². The molecule has 117 heavy (non-hydrogen) atoms. The molecule has 0 amide bonds. The molecule has 592 valence electrons. The van der Waals surface area contributed by atoms with E-state index < -0.39 is 0 Å². The van der Waals surface area contributed by atoms with Gasteiger partial charge in [-0.3, -0.25) is 30.4 Å². The van der Waals surface area contributed by atoms with Gasteiger partial charge in [-0.2, -0.15) is 15.3 Å². The van der Waals surface area contributed by atoms with Gasteiger partial charge in [-0.25, -0.2) is 44.3 Å². The highest BCUT2D eigenvalue weighted by Crippen LogP contribution is 2.43. The van der Waals surface area contributed by atoms with Gasteiger partial charge in [-0.1, -0.05) is 108 Å². The number of aromatic amines is 4. The third kappa shape index (κ3) is 19.2. The Balaban J connectivity index is 0.000000117. The fraction of sp³-hybridized carbons (Fsp3) is 0.224. The highest BCUT2D eigenvalue weighted by Gasteiger charge is 2.33. The predicted molar refractivity (Wildman–Crippen MR) is 454 cm³/mol. The van der Waals surface area contributed by atoms with Gasteiger partial charge in [0, 0.05) is 114 Å². The Morgan fingerprint density at radius 2 is 0.846 bits per heavy atom. The summed E-state index contributed by atoms with van der Waals surface area (Å²) in [6.07, 6.45) is 21.7. The second kappa shape index (κ2) is 36.8. The van der Waals surface area contributed by atoms with E-state index >= 15 is 0 Å². The number of rotatable bonds is 21. The zero-order chi connectivity index (χ0) is 79.8. The Morgan fingerprint density at radius 1 is 0.410 bits per heavy atom. The van der Waals surface area contributed by atoms with E-state index in [1.165, 1.54) is 12.1 Å². The zero-order valence-corrected chi connectivity index (χ0v) is 66.0. The molecule has 8 N–H and O–H groups in total. The van der Waals surface area contributed by atoms with Gasteiger partial charge in [-0.05, 0) is 154 Å². The molecule has 0 radical (unpaired) electrons. The quantitative estimate of drug-likeness (QED) is 0.0331. The summed E-state index contributed by atoms with van der Waals surface area (Å²) in [5.74, 6) is 9.91.